The molecule has 0 rings (SSSR count). The van der Waals surface area contributed by atoms with Crippen molar-refractivity contribution in [1.29, 1.82) is 0 Å². The van der Waals surface area contributed by atoms with Gasteiger partial charge in [0.25, 0.3) is 0 Å². The Morgan fingerprint density at radius 2 is 2.08 bits per heavy atom. The van der Waals surface area contributed by atoms with Gasteiger partial charge >= 0.3 is 0 Å². The van der Waals surface area contributed by atoms with Crippen LogP contribution < -0.4 is 11.1 Å². The summed E-state index contributed by atoms with van der Waals surface area (Å²) in [7, 11) is 0. The summed E-state index contributed by atoms with van der Waals surface area (Å²) >= 11 is 0. The summed E-state index contributed by atoms with van der Waals surface area (Å²) in [6.07, 6.45) is 1.51. The van der Waals surface area contributed by atoms with Gasteiger partial charge in [0.05, 0.1) is 0 Å². The molecule has 0 aliphatic heterocycles. The van der Waals surface area contributed by atoms with Crippen molar-refractivity contribution in [3.05, 3.63) is 0 Å². The fraction of sp³-hybridized carbons (Fsp3) is 0.889. The molecule has 0 saturated carbocycles. The monoisotopic (exact) mass is 172 g/mol. The summed E-state index contributed by atoms with van der Waals surface area (Å²) in [5.41, 5.74) is 5.47. The van der Waals surface area contributed by atoms with Crippen molar-refractivity contribution in [2.45, 2.75) is 39.7 Å². The van der Waals surface area contributed by atoms with E-state index in [4.69, 9.17) is 5.73 Å². The minimum Gasteiger partial charge on any atom is -0.353 e. The van der Waals surface area contributed by atoms with E-state index in [0.717, 1.165) is 6.42 Å². The van der Waals surface area contributed by atoms with Crippen LogP contribution in [0.5, 0.6) is 0 Å². The summed E-state index contributed by atoms with van der Waals surface area (Å²) in [5.74, 6) is 0.483. The Hall–Kier alpha value is -0.570. The maximum Gasteiger partial charge on any atom is 0.220 e. The zero-order chi connectivity index (χ0) is 9.56. The molecule has 3 nitrogen and oxygen atoms in total. The van der Waals surface area contributed by atoms with Crippen LogP contribution >= 0.6 is 0 Å². The average molecular weight is 172 g/mol. The lowest BCUT2D eigenvalue weighted by atomic mass is 10.0. The molecular weight excluding hydrogens is 152 g/mol. The van der Waals surface area contributed by atoms with Crippen molar-refractivity contribution in [2.75, 3.05) is 6.54 Å². The first kappa shape index (κ1) is 11.4. The fourth-order valence-electron chi connectivity index (χ4n) is 0.900. The van der Waals surface area contributed by atoms with E-state index < -0.39 is 0 Å². The van der Waals surface area contributed by atoms with Gasteiger partial charge in [-0.2, -0.15) is 0 Å². The Morgan fingerprint density at radius 1 is 1.50 bits per heavy atom. The van der Waals surface area contributed by atoms with Crippen molar-refractivity contribution in [3.8, 4) is 0 Å². The first-order chi connectivity index (χ1) is 5.61. The van der Waals surface area contributed by atoms with Crippen LogP contribution in [0.4, 0.5) is 0 Å². The van der Waals surface area contributed by atoms with Crippen molar-refractivity contribution in [3.63, 3.8) is 0 Å². The average Bonchev–Trinajstić information content (AvgIpc) is 2.03. The van der Waals surface area contributed by atoms with Crippen LogP contribution in [0.3, 0.4) is 0 Å². The molecule has 1 amide bonds. The van der Waals surface area contributed by atoms with Crippen LogP contribution in [0.15, 0.2) is 0 Å². The Balaban J connectivity index is 3.67. The van der Waals surface area contributed by atoms with Gasteiger partial charge in [0.15, 0.2) is 0 Å². The van der Waals surface area contributed by atoms with E-state index in [-0.39, 0.29) is 11.9 Å². The van der Waals surface area contributed by atoms with Gasteiger partial charge in [0.2, 0.25) is 5.91 Å². The van der Waals surface area contributed by atoms with E-state index in [9.17, 15) is 4.79 Å². The molecule has 0 aromatic heterocycles. The lowest BCUT2D eigenvalue weighted by Gasteiger charge is -2.19. The van der Waals surface area contributed by atoms with Crippen molar-refractivity contribution >= 4 is 5.91 Å². The molecule has 3 heteroatoms. The molecule has 0 saturated heterocycles. The van der Waals surface area contributed by atoms with E-state index in [1.807, 2.05) is 20.8 Å². The Morgan fingerprint density at radius 3 is 2.50 bits per heavy atom. The maximum atomic E-state index is 11.1. The third kappa shape index (κ3) is 4.34. The molecule has 0 heterocycles. The third-order valence-electron chi connectivity index (χ3n) is 2.09. The van der Waals surface area contributed by atoms with E-state index in [0.29, 0.717) is 18.9 Å². The molecule has 0 bridgehead atoms. The zero-order valence-electron chi connectivity index (χ0n) is 8.26. The molecule has 0 radical (unpaired) electrons. The fourth-order valence-corrected chi connectivity index (χ4v) is 0.900. The van der Waals surface area contributed by atoms with Gasteiger partial charge in [-0.05, 0) is 25.8 Å². The third-order valence-corrected chi connectivity index (χ3v) is 2.09. The topological polar surface area (TPSA) is 55.1 Å². The highest BCUT2D eigenvalue weighted by atomic mass is 16.1. The van der Waals surface area contributed by atoms with Crippen LogP contribution in [0.1, 0.15) is 33.6 Å². The molecule has 0 fully saturated rings. The highest BCUT2D eigenvalue weighted by Crippen LogP contribution is 2.00. The highest BCUT2D eigenvalue weighted by Gasteiger charge is 2.11. The zero-order valence-corrected chi connectivity index (χ0v) is 8.26. The predicted molar refractivity (Wildman–Crippen MR) is 50.7 cm³/mol. The molecule has 3 N–H and O–H groups in total. The van der Waals surface area contributed by atoms with E-state index in [1.54, 1.807) is 0 Å². The van der Waals surface area contributed by atoms with Gasteiger partial charge in [0, 0.05) is 12.5 Å². The Kier molecular flexibility index (Phi) is 5.72. The van der Waals surface area contributed by atoms with E-state index >= 15 is 0 Å². The number of carbonyl (C=O) groups excluding carboxylic acids is 1. The first-order valence-electron chi connectivity index (χ1n) is 4.61. The summed E-state index contributed by atoms with van der Waals surface area (Å²) < 4.78 is 0. The SMILES string of the molecule is CCCC(=O)NC(C)C(C)CN. The van der Waals surface area contributed by atoms with Crippen molar-refractivity contribution in [2.24, 2.45) is 11.7 Å². The van der Waals surface area contributed by atoms with Crippen LogP contribution in [-0.2, 0) is 4.79 Å². The Bertz CT molecular complexity index is 136. The van der Waals surface area contributed by atoms with Gasteiger partial charge in [-0.1, -0.05) is 13.8 Å². The molecule has 0 aromatic carbocycles. The summed E-state index contributed by atoms with van der Waals surface area (Å²) in [5, 5.41) is 2.91. The van der Waals surface area contributed by atoms with Gasteiger partial charge in [0.1, 0.15) is 0 Å². The molecule has 12 heavy (non-hydrogen) atoms. The number of nitrogens with one attached hydrogen (secondary N) is 1. The summed E-state index contributed by atoms with van der Waals surface area (Å²) in [6, 6.07) is 0.189. The van der Waals surface area contributed by atoms with Crippen molar-refractivity contribution in [1.82, 2.24) is 5.32 Å². The summed E-state index contributed by atoms with van der Waals surface area (Å²) in [6.45, 7) is 6.64. The largest absolute Gasteiger partial charge is 0.353 e. The summed E-state index contributed by atoms with van der Waals surface area (Å²) in [4.78, 5) is 11.1. The molecule has 0 aliphatic carbocycles. The second-order valence-corrected chi connectivity index (χ2v) is 3.32. The van der Waals surface area contributed by atoms with Gasteiger partial charge in [-0.25, -0.2) is 0 Å². The van der Waals surface area contributed by atoms with Crippen molar-refractivity contribution < 1.29 is 4.79 Å². The molecule has 2 atom stereocenters. The quantitative estimate of drug-likeness (QED) is 0.647. The molecular formula is C9H20N2O. The minimum absolute atomic E-state index is 0.130. The standard InChI is InChI=1S/C9H20N2O/c1-4-5-9(12)11-8(3)7(2)6-10/h7-8H,4-6,10H2,1-3H3,(H,11,12). The molecule has 72 valence electrons. The van der Waals surface area contributed by atoms with Crippen LogP contribution in [0, 0.1) is 5.92 Å². The first-order valence-corrected chi connectivity index (χ1v) is 4.61. The molecule has 0 aromatic rings. The molecule has 0 spiro atoms. The number of hydrogen-bond donors (Lipinski definition) is 2. The smallest absolute Gasteiger partial charge is 0.220 e. The second-order valence-electron chi connectivity index (χ2n) is 3.32. The van der Waals surface area contributed by atoms with E-state index in [2.05, 4.69) is 5.32 Å². The molecule has 2 unspecified atom stereocenters. The Labute approximate surface area is 74.7 Å². The van der Waals surface area contributed by atoms with Crippen LogP contribution in [-0.4, -0.2) is 18.5 Å². The second kappa shape index (κ2) is 6.00. The number of nitrogens with two attached hydrogens (primary N) is 1. The number of hydrogen-bond acceptors (Lipinski definition) is 2. The lowest BCUT2D eigenvalue weighted by molar-refractivity contribution is -0.122. The number of carbonyl (C=O) groups is 1. The number of amides is 1. The van der Waals surface area contributed by atoms with Crippen LogP contribution in [0.2, 0.25) is 0 Å². The minimum atomic E-state index is 0.130. The number of rotatable bonds is 5. The van der Waals surface area contributed by atoms with Crippen LogP contribution in [0.25, 0.3) is 0 Å². The predicted octanol–water partition coefficient (Wildman–Crippen LogP) is 0.886. The lowest BCUT2D eigenvalue weighted by Crippen LogP contribution is -2.39. The van der Waals surface area contributed by atoms with E-state index in [1.165, 1.54) is 0 Å². The van der Waals surface area contributed by atoms with Gasteiger partial charge in [-0.3, -0.25) is 4.79 Å². The van der Waals surface area contributed by atoms with Gasteiger partial charge < -0.3 is 11.1 Å². The molecule has 0 aliphatic rings. The normalized spacial score (nSPS) is 15.3. The maximum absolute atomic E-state index is 11.1. The van der Waals surface area contributed by atoms with Gasteiger partial charge in [-0.15, -0.1) is 0 Å². The highest BCUT2D eigenvalue weighted by molar-refractivity contribution is 5.76.